The summed E-state index contributed by atoms with van der Waals surface area (Å²) in [6, 6.07) is 0.151. The van der Waals surface area contributed by atoms with Crippen molar-refractivity contribution in [2.24, 2.45) is 5.73 Å². The zero-order valence-corrected chi connectivity index (χ0v) is 17.8. The maximum atomic E-state index is 13.1. The molecule has 1 amide bonds. The van der Waals surface area contributed by atoms with Crippen molar-refractivity contribution in [1.29, 1.82) is 0 Å². The van der Waals surface area contributed by atoms with Crippen LogP contribution in [0.2, 0.25) is 0 Å². The lowest BCUT2D eigenvalue weighted by atomic mass is 10.2. The topological polar surface area (TPSA) is 93.2 Å². The van der Waals surface area contributed by atoms with Gasteiger partial charge in [0.2, 0.25) is 5.82 Å². The SMILES string of the molecule is CCn1nc(C)c(CN(C)C(=O)c2nc(C)c(C)c(N3CC[C@@H](N)C3)n2)c1C. The van der Waals surface area contributed by atoms with Gasteiger partial charge in [-0.15, -0.1) is 0 Å². The van der Waals surface area contributed by atoms with Crippen molar-refractivity contribution in [3.05, 3.63) is 34.0 Å². The largest absolute Gasteiger partial charge is 0.355 e. The Morgan fingerprint density at radius 3 is 2.50 bits per heavy atom. The fraction of sp³-hybridized carbons (Fsp3) is 0.600. The molecule has 0 unspecified atom stereocenters. The van der Waals surface area contributed by atoms with E-state index in [1.165, 1.54) is 0 Å². The Labute approximate surface area is 166 Å². The average Bonchev–Trinajstić information content (AvgIpc) is 3.21. The highest BCUT2D eigenvalue weighted by Gasteiger charge is 2.26. The molecular formula is C20H31N7O. The van der Waals surface area contributed by atoms with Gasteiger partial charge in [-0.05, 0) is 41.0 Å². The van der Waals surface area contributed by atoms with Crippen molar-refractivity contribution in [2.75, 3.05) is 25.0 Å². The summed E-state index contributed by atoms with van der Waals surface area (Å²) in [4.78, 5) is 26.0. The van der Waals surface area contributed by atoms with E-state index in [0.717, 1.165) is 60.1 Å². The predicted octanol–water partition coefficient (Wildman–Crippen LogP) is 1.74. The first-order valence-electron chi connectivity index (χ1n) is 9.87. The Balaban J connectivity index is 1.86. The van der Waals surface area contributed by atoms with Crippen molar-refractivity contribution >= 4 is 11.7 Å². The molecule has 0 radical (unpaired) electrons. The number of carbonyl (C=O) groups is 1. The molecule has 0 saturated carbocycles. The van der Waals surface area contributed by atoms with E-state index >= 15 is 0 Å². The Morgan fingerprint density at radius 2 is 1.93 bits per heavy atom. The smallest absolute Gasteiger partial charge is 0.291 e. The molecule has 8 nitrogen and oxygen atoms in total. The van der Waals surface area contributed by atoms with Crippen LogP contribution in [0.1, 0.15) is 52.2 Å². The van der Waals surface area contributed by atoms with Gasteiger partial charge >= 0.3 is 0 Å². The lowest BCUT2D eigenvalue weighted by Crippen LogP contribution is -2.31. The lowest BCUT2D eigenvalue weighted by Gasteiger charge is -2.22. The third-order valence-electron chi connectivity index (χ3n) is 5.65. The van der Waals surface area contributed by atoms with E-state index < -0.39 is 0 Å². The maximum absolute atomic E-state index is 13.1. The number of nitrogens with two attached hydrogens (primary N) is 1. The Bertz CT molecular complexity index is 889. The number of nitrogens with zero attached hydrogens (tertiary/aromatic N) is 6. The molecule has 2 aromatic rings. The van der Waals surface area contributed by atoms with Gasteiger partial charge in [-0.1, -0.05) is 0 Å². The number of hydrogen-bond acceptors (Lipinski definition) is 6. The number of aryl methyl sites for hydroxylation is 3. The molecule has 152 valence electrons. The van der Waals surface area contributed by atoms with E-state index in [-0.39, 0.29) is 17.8 Å². The van der Waals surface area contributed by atoms with Gasteiger partial charge in [0.15, 0.2) is 0 Å². The maximum Gasteiger partial charge on any atom is 0.291 e. The van der Waals surface area contributed by atoms with Gasteiger partial charge < -0.3 is 15.5 Å². The standard InChI is InChI=1S/C20H31N7O/c1-7-27-15(5)17(14(4)24-27)11-25(6)20(28)18-22-13(3)12(2)19(23-18)26-9-8-16(21)10-26/h16H,7-11,21H2,1-6H3/t16-/m1/s1. The molecule has 0 aliphatic carbocycles. The Hall–Kier alpha value is -2.48. The molecule has 0 spiro atoms. The first-order chi connectivity index (χ1) is 13.2. The minimum atomic E-state index is -0.184. The van der Waals surface area contributed by atoms with E-state index in [4.69, 9.17) is 5.73 Å². The number of carbonyl (C=O) groups excluding carboxylic acids is 1. The Morgan fingerprint density at radius 1 is 1.21 bits per heavy atom. The average molecular weight is 386 g/mol. The molecule has 1 aliphatic heterocycles. The first kappa shape index (κ1) is 20.3. The summed E-state index contributed by atoms with van der Waals surface area (Å²) < 4.78 is 1.96. The third-order valence-corrected chi connectivity index (χ3v) is 5.65. The number of hydrogen-bond donors (Lipinski definition) is 1. The molecule has 1 aliphatic rings. The first-order valence-corrected chi connectivity index (χ1v) is 9.87. The fourth-order valence-corrected chi connectivity index (χ4v) is 3.75. The van der Waals surface area contributed by atoms with Gasteiger partial charge in [-0.3, -0.25) is 9.48 Å². The highest BCUT2D eigenvalue weighted by atomic mass is 16.2. The summed E-state index contributed by atoms with van der Waals surface area (Å²) in [6.45, 7) is 12.9. The molecule has 2 N–H and O–H groups in total. The van der Waals surface area contributed by atoms with Crippen LogP contribution in [0, 0.1) is 27.7 Å². The molecule has 8 heteroatoms. The Kier molecular flexibility index (Phi) is 5.69. The molecule has 28 heavy (non-hydrogen) atoms. The molecule has 0 aromatic carbocycles. The van der Waals surface area contributed by atoms with E-state index in [0.29, 0.717) is 6.54 Å². The summed E-state index contributed by atoms with van der Waals surface area (Å²) in [6.07, 6.45) is 0.936. The second kappa shape index (κ2) is 7.87. The zero-order valence-electron chi connectivity index (χ0n) is 17.8. The van der Waals surface area contributed by atoms with Gasteiger partial charge in [0, 0.05) is 61.8 Å². The van der Waals surface area contributed by atoms with Crippen molar-refractivity contribution in [3.63, 3.8) is 0 Å². The van der Waals surface area contributed by atoms with Crippen LogP contribution < -0.4 is 10.6 Å². The second-order valence-electron chi connectivity index (χ2n) is 7.70. The molecular weight excluding hydrogens is 354 g/mol. The van der Waals surface area contributed by atoms with Gasteiger partial charge in [-0.2, -0.15) is 5.10 Å². The minimum Gasteiger partial charge on any atom is -0.355 e. The summed E-state index contributed by atoms with van der Waals surface area (Å²) in [5.41, 5.74) is 11.0. The quantitative estimate of drug-likeness (QED) is 0.843. The summed E-state index contributed by atoms with van der Waals surface area (Å²) in [5.74, 6) is 0.874. The van der Waals surface area contributed by atoms with Crippen molar-refractivity contribution < 1.29 is 4.79 Å². The van der Waals surface area contributed by atoms with E-state index in [1.54, 1.807) is 11.9 Å². The van der Waals surface area contributed by atoms with Crippen LogP contribution in [0.5, 0.6) is 0 Å². The lowest BCUT2D eigenvalue weighted by molar-refractivity contribution is 0.0772. The van der Waals surface area contributed by atoms with Crippen LogP contribution in [0.3, 0.4) is 0 Å². The van der Waals surface area contributed by atoms with Crippen molar-refractivity contribution in [2.45, 2.75) is 60.2 Å². The van der Waals surface area contributed by atoms with E-state index in [2.05, 4.69) is 26.9 Å². The molecule has 2 aromatic heterocycles. The molecule has 1 fully saturated rings. The molecule has 1 atom stereocenters. The van der Waals surface area contributed by atoms with Crippen LogP contribution in [-0.2, 0) is 13.1 Å². The van der Waals surface area contributed by atoms with Crippen molar-refractivity contribution in [3.8, 4) is 0 Å². The van der Waals surface area contributed by atoms with Crippen LogP contribution in [-0.4, -0.2) is 56.7 Å². The highest BCUT2D eigenvalue weighted by Crippen LogP contribution is 2.24. The van der Waals surface area contributed by atoms with Crippen LogP contribution in [0.4, 0.5) is 5.82 Å². The molecule has 3 rings (SSSR count). The molecule has 3 heterocycles. The predicted molar refractivity (Wildman–Crippen MR) is 109 cm³/mol. The third kappa shape index (κ3) is 3.73. The second-order valence-corrected chi connectivity index (χ2v) is 7.70. The van der Waals surface area contributed by atoms with E-state index in [1.807, 2.05) is 32.4 Å². The number of anilines is 1. The zero-order chi connectivity index (χ0) is 20.6. The molecule has 1 saturated heterocycles. The van der Waals surface area contributed by atoms with Crippen LogP contribution in [0.25, 0.3) is 0 Å². The normalized spacial score (nSPS) is 16.7. The van der Waals surface area contributed by atoms with Crippen molar-refractivity contribution in [1.82, 2.24) is 24.6 Å². The van der Waals surface area contributed by atoms with Gasteiger partial charge in [0.1, 0.15) is 5.82 Å². The number of rotatable bonds is 5. The monoisotopic (exact) mass is 385 g/mol. The number of aromatic nitrogens is 4. The van der Waals surface area contributed by atoms with Crippen LogP contribution in [0.15, 0.2) is 0 Å². The van der Waals surface area contributed by atoms with Gasteiger partial charge in [-0.25, -0.2) is 9.97 Å². The fourth-order valence-electron chi connectivity index (χ4n) is 3.75. The minimum absolute atomic E-state index is 0.151. The molecule has 0 bridgehead atoms. The van der Waals surface area contributed by atoms with E-state index in [9.17, 15) is 4.79 Å². The summed E-state index contributed by atoms with van der Waals surface area (Å²) in [7, 11) is 1.79. The summed E-state index contributed by atoms with van der Waals surface area (Å²) >= 11 is 0. The van der Waals surface area contributed by atoms with Gasteiger partial charge in [0.25, 0.3) is 5.91 Å². The highest BCUT2D eigenvalue weighted by molar-refractivity contribution is 5.90. The van der Waals surface area contributed by atoms with Crippen LogP contribution >= 0.6 is 0 Å². The van der Waals surface area contributed by atoms with Gasteiger partial charge in [0.05, 0.1) is 5.69 Å². The number of amides is 1. The summed E-state index contributed by atoms with van der Waals surface area (Å²) in [5, 5.41) is 4.54.